The number of carbonyl (C=O) groups excluding carboxylic acids is 1. The molecule has 2 atom stereocenters. The van der Waals surface area contributed by atoms with Crippen LogP contribution in [0.5, 0.6) is 11.5 Å². The molecule has 8 heteroatoms. The predicted molar refractivity (Wildman–Crippen MR) is 106 cm³/mol. The van der Waals surface area contributed by atoms with E-state index in [1.807, 2.05) is 30.3 Å². The molecule has 5 nitrogen and oxygen atoms in total. The van der Waals surface area contributed by atoms with Crippen LogP contribution in [-0.4, -0.2) is 43.8 Å². The van der Waals surface area contributed by atoms with E-state index in [9.17, 15) is 18.0 Å². The van der Waals surface area contributed by atoms with Crippen molar-refractivity contribution in [3.8, 4) is 11.5 Å². The molecule has 1 saturated heterocycles. The number of aldehydes is 1. The van der Waals surface area contributed by atoms with Crippen molar-refractivity contribution in [1.29, 1.82) is 0 Å². The Morgan fingerprint density at radius 3 is 2.63 bits per heavy atom. The fourth-order valence-corrected chi connectivity index (χ4v) is 4.00. The average Bonchev–Trinajstić information content (AvgIpc) is 2.72. The van der Waals surface area contributed by atoms with Crippen molar-refractivity contribution in [1.82, 2.24) is 10.2 Å². The monoisotopic (exact) mass is 422 g/mol. The topological polar surface area (TPSA) is 50.8 Å². The van der Waals surface area contributed by atoms with E-state index in [1.165, 1.54) is 25.3 Å². The zero-order valence-corrected chi connectivity index (χ0v) is 16.7. The predicted octanol–water partition coefficient (Wildman–Crippen LogP) is 4.09. The number of alkyl halides is 3. The molecule has 2 aromatic carbocycles. The lowest BCUT2D eigenvalue weighted by Gasteiger charge is -2.41. The summed E-state index contributed by atoms with van der Waals surface area (Å²) in [5.74, 6) is 0.194. The van der Waals surface area contributed by atoms with E-state index in [4.69, 9.17) is 4.74 Å². The molecule has 2 aromatic rings. The van der Waals surface area contributed by atoms with Gasteiger partial charge < -0.3 is 19.6 Å². The van der Waals surface area contributed by atoms with Crippen LogP contribution < -0.4 is 14.8 Å². The molecule has 3 rings (SSSR count). The van der Waals surface area contributed by atoms with E-state index in [-0.39, 0.29) is 17.8 Å². The fourth-order valence-electron chi connectivity index (χ4n) is 4.00. The molecule has 30 heavy (non-hydrogen) atoms. The Hall–Kier alpha value is -2.58. The Labute approximate surface area is 173 Å². The van der Waals surface area contributed by atoms with Crippen molar-refractivity contribution < 1.29 is 27.4 Å². The van der Waals surface area contributed by atoms with Crippen LogP contribution in [-0.2, 0) is 11.3 Å². The molecule has 0 aliphatic carbocycles. The first kappa shape index (κ1) is 22.1. The summed E-state index contributed by atoms with van der Waals surface area (Å²) in [6, 6.07) is 14.0. The molecule has 2 unspecified atom stereocenters. The van der Waals surface area contributed by atoms with Gasteiger partial charge in [0.1, 0.15) is 17.8 Å². The van der Waals surface area contributed by atoms with Gasteiger partial charge in [0, 0.05) is 18.2 Å². The molecule has 0 aromatic heterocycles. The number of halogens is 3. The maximum Gasteiger partial charge on any atom is 0.573 e. The maximum atomic E-state index is 12.6. The van der Waals surface area contributed by atoms with Gasteiger partial charge in [0.25, 0.3) is 0 Å². The first-order valence-corrected chi connectivity index (χ1v) is 9.80. The highest BCUT2D eigenvalue weighted by Crippen LogP contribution is 2.32. The number of hydrogen-bond acceptors (Lipinski definition) is 5. The van der Waals surface area contributed by atoms with E-state index in [0.717, 1.165) is 31.2 Å². The number of carbonyl (C=O) groups is 1. The minimum atomic E-state index is -4.75. The Bertz CT molecular complexity index is 830. The Morgan fingerprint density at radius 2 is 1.97 bits per heavy atom. The van der Waals surface area contributed by atoms with Crippen molar-refractivity contribution in [2.45, 2.75) is 37.8 Å². The van der Waals surface area contributed by atoms with E-state index in [2.05, 4.69) is 15.0 Å². The molecular formula is C22H25F3N2O3. The van der Waals surface area contributed by atoms with Crippen LogP contribution in [0.4, 0.5) is 13.2 Å². The highest BCUT2D eigenvalue weighted by atomic mass is 19.4. The molecule has 0 spiro atoms. The molecule has 0 bridgehead atoms. The number of likely N-dealkylation sites (tertiary alicyclic amines) is 1. The Kier molecular flexibility index (Phi) is 7.33. The Balaban J connectivity index is 1.80. The van der Waals surface area contributed by atoms with Gasteiger partial charge in [-0.05, 0) is 43.1 Å². The van der Waals surface area contributed by atoms with Crippen molar-refractivity contribution in [2.75, 3.05) is 20.2 Å². The van der Waals surface area contributed by atoms with Crippen LogP contribution in [0.2, 0.25) is 0 Å². The van der Waals surface area contributed by atoms with Gasteiger partial charge in [-0.25, -0.2) is 0 Å². The third kappa shape index (κ3) is 5.73. The molecule has 1 aliphatic rings. The van der Waals surface area contributed by atoms with Crippen molar-refractivity contribution in [3.05, 3.63) is 59.7 Å². The third-order valence-corrected chi connectivity index (χ3v) is 5.23. The van der Waals surface area contributed by atoms with Gasteiger partial charge in [-0.15, -0.1) is 13.2 Å². The second-order valence-corrected chi connectivity index (χ2v) is 7.17. The van der Waals surface area contributed by atoms with E-state index in [1.54, 1.807) is 0 Å². The Morgan fingerprint density at radius 1 is 1.20 bits per heavy atom. The fraction of sp³-hybridized carbons (Fsp3) is 0.409. The number of methoxy groups -OCH3 is 1. The lowest BCUT2D eigenvalue weighted by atomic mass is 9.90. The summed E-state index contributed by atoms with van der Waals surface area (Å²) >= 11 is 0. The lowest BCUT2D eigenvalue weighted by Crippen LogP contribution is -2.48. The smallest absolute Gasteiger partial charge is 0.496 e. The number of benzene rings is 2. The number of nitrogens with one attached hydrogen (secondary N) is 1. The van der Waals surface area contributed by atoms with Crippen LogP contribution in [0.1, 0.15) is 30.0 Å². The molecule has 0 radical (unpaired) electrons. The third-order valence-electron chi connectivity index (χ3n) is 5.23. The van der Waals surface area contributed by atoms with E-state index >= 15 is 0 Å². The SMILES string of the molecule is COc1ccc(OC(F)(F)F)cc1CNC1CCCN(CC=O)C1c1ccccc1. The summed E-state index contributed by atoms with van der Waals surface area (Å²) in [5, 5.41) is 3.47. The molecule has 162 valence electrons. The van der Waals surface area contributed by atoms with Crippen LogP contribution in [0.25, 0.3) is 0 Å². The first-order chi connectivity index (χ1) is 14.4. The zero-order chi connectivity index (χ0) is 21.6. The highest BCUT2D eigenvalue weighted by Gasteiger charge is 2.33. The highest BCUT2D eigenvalue weighted by molar-refractivity contribution is 5.52. The summed E-state index contributed by atoms with van der Waals surface area (Å²) in [4.78, 5) is 13.3. The summed E-state index contributed by atoms with van der Waals surface area (Å²) in [6.07, 6.45) is -2.05. The van der Waals surface area contributed by atoms with Crippen molar-refractivity contribution in [2.24, 2.45) is 0 Å². The maximum absolute atomic E-state index is 12.6. The van der Waals surface area contributed by atoms with E-state index in [0.29, 0.717) is 24.4 Å². The minimum Gasteiger partial charge on any atom is -0.496 e. The zero-order valence-electron chi connectivity index (χ0n) is 16.7. The quantitative estimate of drug-likeness (QED) is 0.650. The number of ether oxygens (including phenoxy) is 2. The number of piperidine rings is 1. The minimum absolute atomic E-state index is 0.00856. The lowest BCUT2D eigenvalue weighted by molar-refractivity contribution is -0.274. The van der Waals surface area contributed by atoms with Crippen LogP contribution >= 0.6 is 0 Å². The molecule has 1 aliphatic heterocycles. The number of hydrogen-bond donors (Lipinski definition) is 1. The van der Waals surface area contributed by atoms with Crippen LogP contribution in [0.15, 0.2) is 48.5 Å². The molecule has 1 fully saturated rings. The molecule has 0 saturated carbocycles. The second-order valence-electron chi connectivity index (χ2n) is 7.17. The summed E-state index contributed by atoms with van der Waals surface area (Å²) in [6.45, 7) is 1.45. The molecule has 1 heterocycles. The average molecular weight is 422 g/mol. The van der Waals surface area contributed by atoms with Gasteiger partial charge in [0.15, 0.2) is 0 Å². The molecule has 1 N–H and O–H groups in total. The van der Waals surface area contributed by atoms with Crippen LogP contribution in [0.3, 0.4) is 0 Å². The van der Waals surface area contributed by atoms with Gasteiger partial charge in [-0.2, -0.15) is 0 Å². The normalized spacial score (nSPS) is 20.0. The summed E-state index contributed by atoms with van der Waals surface area (Å²) in [7, 11) is 1.47. The van der Waals surface area contributed by atoms with Crippen LogP contribution in [0, 0.1) is 0 Å². The number of nitrogens with zero attached hydrogens (tertiary/aromatic N) is 1. The van der Waals surface area contributed by atoms with Gasteiger partial charge in [-0.1, -0.05) is 30.3 Å². The standard InChI is InChI=1S/C22H25F3N2O3/c1-29-20-10-9-18(30-22(23,24)25)14-17(20)15-26-19-8-5-11-27(12-13-28)21(19)16-6-3-2-4-7-16/h2-4,6-7,9-10,13-14,19,21,26H,5,8,11-12,15H2,1H3. The molecular weight excluding hydrogens is 397 g/mol. The van der Waals surface area contributed by atoms with E-state index < -0.39 is 6.36 Å². The largest absolute Gasteiger partial charge is 0.573 e. The van der Waals surface area contributed by atoms with Crippen molar-refractivity contribution >= 4 is 6.29 Å². The number of rotatable bonds is 8. The van der Waals surface area contributed by atoms with Gasteiger partial charge in [-0.3, -0.25) is 4.90 Å². The van der Waals surface area contributed by atoms with Gasteiger partial charge in [0.05, 0.1) is 19.7 Å². The summed E-state index contributed by atoms with van der Waals surface area (Å²) in [5.41, 5.74) is 1.66. The van der Waals surface area contributed by atoms with Crippen molar-refractivity contribution in [3.63, 3.8) is 0 Å². The summed E-state index contributed by atoms with van der Waals surface area (Å²) < 4.78 is 47.1. The second kappa shape index (κ2) is 9.95. The molecule has 0 amide bonds. The van der Waals surface area contributed by atoms with Gasteiger partial charge in [0.2, 0.25) is 0 Å². The first-order valence-electron chi connectivity index (χ1n) is 9.80. The van der Waals surface area contributed by atoms with Gasteiger partial charge >= 0.3 is 6.36 Å².